The van der Waals surface area contributed by atoms with Crippen molar-refractivity contribution in [1.29, 1.82) is 0 Å². The number of halogens is 1. The maximum absolute atomic E-state index is 9.29. The lowest BCUT2D eigenvalue weighted by Crippen LogP contribution is -2.19. The van der Waals surface area contributed by atoms with E-state index in [-0.39, 0.29) is 12.5 Å². The van der Waals surface area contributed by atoms with Gasteiger partial charge in [-0.3, -0.25) is 0 Å². The molecular weight excluding hydrogens is 212 g/mol. The highest BCUT2D eigenvalue weighted by Gasteiger charge is 2.08. The van der Waals surface area contributed by atoms with Gasteiger partial charge in [0.2, 0.25) is 0 Å². The molecular formula is C12H17ClO2. The van der Waals surface area contributed by atoms with Gasteiger partial charge in [0.25, 0.3) is 0 Å². The van der Waals surface area contributed by atoms with Crippen LogP contribution in [0.4, 0.5) is 0 Å². The van der Waals surface area contributed by atoms with Crippen molar-refractivity contribution < 1.29 is 9.84 Å². The van der Waals surface area contributed by atoms with E-state index >= 15 is 0 Å². The number of rotatable bonds is 5. The molecule has 0 fully saturated rings. The van der Waals surface area contributed by atoms with Crippen LogP contribution in [-0.4, -0.2) is 23.7 Å². The quantitative estimate of drug-likeness (QED) is 0.786. The largest absolute Gasteiger partial charge is 0.491 e. The lowest BCUT2D eigenvalue weighted by atomic mass is 10.0. The SMILES string of the molecule is CC(C)c1ccccc1OCC(O)CCl. The number of para-hydroxylation sites is 1. The molecule has 2 nitrogen and oxygen atoms in total. The molecule has 0 aliphatic rings. The van der Waals surface area contributed by atoms with Gasteiger partial charge in [-0.05, 0) is 17.5 Å². The van der Waals surface area contributed by atoms with Gasteiger partial charge in [-0.25, -0.2) is 0 Å². The predicted molar refractivity (Wildman–Crippen MR) is 62.8 cm³/mol. The summed E-state index contributed by atoms with van der Waals surface area (Å²) in [5, 5.41) is 9.29. The van der Waals surface area contributed by atoms with E-state index < -0.39 is 6.10 Å². The third kappa shape index (κ3) is 3.73. The summed E-state index contributed by atoms with van der Waals surface area (Å²) in [4.78, 5) is 0. The summed E-state index contributed by atoms with van der Waals surface area (Å²) < 4.78 is 5.52. The fraction of sp³-hybridized carbons (Fsp3) is 0.500. The van der Waals surface area contributed by atoms with E-state index in [1.807, 2.05) is 24.3 Å². The van der Waals surface area contributed by atoms with Crippen molar-refractivity contribution in [3.05, 3.63) is 29.8 Å². The maximum Gasteiger partial charge on any atom is 0.122 e. The number of aliphatic hydroxyl groups excluding tert-OH is 1. The van der Waals surface area contributed by atoms with Crippen molar-refractivity contribution >= 4 is 11.6 Å². The van der Waals surface area contributed by atoms with Crippen LogP contribution in [-0.2, 0) is 0 Å². The molecule has 0 spiro atoms. The minimum Gasteiger partial charge on any atom is -0.491 e. The molecule has 1 unspecified atom stereocenters. The number of aliphatic hydroxyl groups is 1. The molecule has 0 saturated heterocycles. The predicted octanol–water partition coefficient (Wildman–Crippen LogP) is 2.79. The molecule has 3 heteroatoms. The number of ether oxygens (including phenoxy) is 1. The first-order chi connectivity index (χ1) is 7.15. The summed E-state index contributed by atoms with van der Waals surface area (Å²) in [6, 6.07) is 7.86. The first-order valence-electron chi connectivity index (χ1n) is 5.11. The second-order valence-corrected chi connectivity index (χ2v) is 4.12. The molecule has 1 N–H and O–H groups in total. The first-order valence-corrected chi connectivity index (χ1v) is 5.64. The Morgan fingerprint density at radius 2 is 2.00 bits per heavy atom. The molecule has 1 rings (SSSR count). The van der Waals surface area contributed by atoms with Gasteiger partial charge in [0.05, 0.1) is 5.88 Å². The average molecular weight is 229 g/mol. The van der Waals surface area contributed by atoms with Crippen molar-refractivity contribution in [2.45, 2.75) is 25.9 Å². The van der Waals surface area contributed by atoms with Crippen molar-refractivity contribution in [3.8, 4) is 5.75 Å². The van der Waals surface area contributed by atoms with Gasteiger partial charge in [-0.2, -0.15) is 0 Å². The molecule has 0 aromatic heterocycles. The number of alkyl halides is 1. The second kappa shape index (κ2) is 5.99. The Morgan fingerprint density at radius 3 is 2.60 bits per heavy atom. The molecule has 84 valence electrons. The molecule has 0 bridgehead atoms. The zero-order chi connectivity index (χ0) is 11.3. The second-order valence-electron chi connectivity index (χ2n) is 3.81. The van der Waals surface area contributed by atoms with Crippen molar-refractivity contribution in [3.63, 3.8) is 0 Å². The van der Waals surface area contributed by atoms with Crippen molar-refractivity contribution in [2.75, 3.05) is 12.5 Å². The van der Waals surface area contributed by atoms with Crippen LogP contribution in [0.5, 0.6) is 5.75 Å². The highest BCUT2D eigenvalue weighted by molar-refractivity contribution is 6.18. The van der Waals surface area contributed by atoms with Gasteiger partial charge >= 0.3 is 0 Å². The molecule has 0 heterocycles. The Labute approximate surface area is 95.8 Å². The minimum atomic E-state index is -0.605. The summed E-state index contributed by atoms with van der Waals surface area (Å²) in [5.74, 6) is 1.44. The third-order valence-electron chi connectivity index (χ3n) is 2.15. The van der Waals surface area contributed by atoms with E-state index in [9.17, 15) is 5.11 Å². The Hall–Kier alpha value is -0.730. The third-order valence-corrected chi connectivity index (χ3v) is 2.51. The molecule has 0 saturated carbocycles. The van der Waals surface area contributed by atoms with Crippen molar-refractivity contribution in [1.82, 2.24) is 0 Å². The van der Waals surface area contributed by atoms with E-state index in [4.69, 9.17) is 16.3 Å². The Kier molecular flexibility index (Phi) is 4.92. The smallest absolute Gasteiger partial charge is 0.122 e. The lowest BCUT2D eigenvalue weighted by Gasteiger charge is -2.15. The van der Waals surface area contributed by atoms with E-state index in [1.165, 1.54) is 0 Å². The van der Waals surface area contributed by atoms with Crippen LogP contribution in [0.25, 0.3) is 0 Å². The minimum absolute atomic E-state index is 0.198. The Morgan fingerprint density at radius 1 is 1.33 bits per heavy atom. The summed E-state index contributed by atoms with van der Waals surface area (Å²) >= 11 is 5.49. The molecule has 0 aliphatic carbocycles. The van der Waals surface area contributed by atoms with Gasteiger partial charge < -0.3 is 9.84 Å². The topological polar surface area (TPSA) is 29.5 Å². The zero-order valence-electron chi connectivity index (χ0n) is 9.11. The average Bonchev–Trinajstić information content (AvgIpc) is 2.26. The molecule has 15 heavy (non-hydrogen) atoms. The van der Waals surface area contributed by atoms with Crippen molar-refractivity contribution in [2.24, 2.45) is 0 Å². The van der Waals surface area contributed by atoms with Crippen LogP contribution >= 0.6 is 11.6 Å². The molecule has 1 aromatic rings. The number of hydrogen-bond acceptors (Lipinski definition) is 2. The van der Waals surface area contributed by atoms with Crippen LogP contribution in [0.1, 0.15) is 25.3 Å². The molecule has 0 radical (unpaired) electrons. The zero-order valence-corrected chi connectivity index (χ0v) is 9.87. The molecule has 0 aliphatic heterocycles. The van der Waals surface area contributed by atoms with Gasteiger partial charge in [0.1, 0.15) is 18.5 Å². The highest BCUT2D eigenvalue weighted by Crippen LogP contribution is 2.25. The van der Waals surface area contributed by atoms with Crippen LogP contribution in [0, 0.1) is 0 Å². The molecule has 1 atom stereocenters. The fourth-order valence-corrected chi connectivity index (χ4v) is 1.41. The van der Waals surface area contributed by atoms with E-state index in [2.05, 4.69) is 13.8 Å². The monoisotopic (exact) mass is 228 g/mol. The Balaban J connectivity index is 2.67. The normalized spacial score (nSPS) is 12.9. The van der Waals surface area contributed by atoms with Crippen LogP contribution < -0.4 is 4.74 Å². The lowest BCUT2D eigenvalue weighted by molar-refractivity contribution is 0.124. The van der Waals surface area contributed by atoms with Crippen LogP contribution in [0.15, 0.2) is 24.3 Å². The fourth-order valence-electron chi connectivity index (χ4n) is 1.32. The van der Waals surface area contributed by atoms with Gasteiger partial charge in [-0.1, -0.05) is 32.0 Å². The standard InChI is InChI=1S/C12H17ClO2/c1-9(2)11-5-3-4-6-12(11)15-8-10(14)7-13/h3-6,9-10,14H,7-8H2,1-2H3. The van der Waals surface area contributed by atoms with Gasteiger partial charge in [0, 0.05) is 0 Å². The molecule has 0 amide bonds. The van der Waals surface area contributed by atoms with Crippen LogP contribution in [0.3, 0.4) is 0 Å². The van der Waals surface area contributed by atoms with E-state index in [1.54, 1.807) is 0 Å². The van der Waals surface area contributed by atoms with E-state index in [0.29, 0.717) is 5.92 Å². The molecule has 1 aromatic carbocycles. The van der Waals surface area contributed by atoms with Crippen LogP contribution in [0.2, 0.25) is 0 Å². The summed E-state index contributed by atoms with van der Waals surface area (Å²) in [5.41, 5.74) is 1.15. The Bertz CT molecular complexity index is 299. The van der Waals surface area contributed by atoms with E-state index in [0.717, 1.165) is 11.3 Å². The summed E-state index contributed by atoms with van der Waals surface area (Å²) in [6.07, 6.45) is -0.605. The number of hydrogen-bond donors (Lipinski definition) is 1. The maximum atomic E-state index is 9.29. The summed E-state index contributed by atoms with van der Waals surface area (Å²) in [7, 11) is 0. The first kappa shape index (κ1) is 12.3. The van der Waals surface area contributed by atoms with Gasteiger partial charge in [0.15, 0.2) is 0 Å². The summed E-state index contributed by atoms with van der Waals surface area (Å²) in [6.45, 7) is 4.47. The number of benzene rings is 1. The van der Waals surface area contributed by atoms with Gasteiger partial charge in [-0.15, -0.1) is 11.6 Å². The highest BCUT2D eigenvalue weighted by atomic mass is 35.5.